The lowest BCUT2D eigenvalue weighted by Gasteiger charge is -2.38. The number of hydrogen-bond donors (Lipinski definition) is 2. The zero-order chi connectivity index (χ0) is 25.1. The van der Waals surface area contributed by atoms with E-state index in [-0.39, 0.29) is 34.2 Å². The molecule has 1 amide bonds. The number of amides is 1. The van der Waals surface area contributed by atoms with Gasteiger partial charge in [0.25, 0.3) is 5.91 Å². The van der Waals surface area contributed by atoms with Crippen molar-refractivity contribution in [1.29, 1.82) is 0 Å². The Bertz CT molecular complexity index is 1380. The Hall–Kier alpha value is -3.12. The summed E-state index contributed by atoms with van der Waals surface area (Å²) < 4.78 is 55.7. The summed E-state index contributed by atoms with van der Waals surface area (Å²) in [6, 6.07) is 7.37. The van der Waals surface area contributed by atoms with Gasteiger partial charge >= 0.3 is 6.11 Å². The highest BCUT2D eigenvalue weighted by Gasteiger charge is 2.45. The summed E-state index contributed by atoms with van der Waals surface area (Å²) in [4.78, 5) is 17.1. The maximum Gasteiger partial charge on any atom is 0.394 e. The Balaban J connectivity index is 1.75. The van der Waals surface area contributed by atoms with Crippen molar-refractivity contribution in [2.24, 2.45) is 0 Å². The van der Waals surface area contributed by atoms with E-state index in [1.807, 2.05) is 0 Å². The van der Waals surface area contributed by atoms with Crippen LogP contribution in [0.25, 0.3) is 16.7 Å². The molecule has 1 fully saturated rings. The van der Waals surface area contributed by atoms with Crippen LogP contribution in [-0.2, 0) is 15.4 Å². The lowest BCUT2D eigenvalue weighted by atomic mass is 10.0. The molecule has 2 aromatic heterocycles. The second-order valence-corrected chi connectivity index (χ2v) is 11.4. The molecule has 0 saturated carbocycles. The quantitative estimate of drug-likeness (QED) is 0.540. The first-order chi connectivity index (χ1) is 15.6. The van der Waals surface area contributed by atoms with Gasteiger partial charge in [-0.25, -0.2) is 18.1 Å². The van der Waals surface area contributed by atoms with Gasteiger partial charge in [0.15, 0.2) is 15.5 Å². The summed E-state index contributed by atoms with van der Waals surface area (Å²) in [5, 5.41) is 18.2. The molecule has 9 nitrogen and oxygen atoms in total. The smallest absolute Gasteiger partial charge is 0.394 e. The highest BCUT2D eigenvalue weighted by Crippen LogP contribution is 2.31. The average Bonchev–Trinajstić information content (AvgIpc) is 3.04. The molecular formula is C22H24F2N4O5S. The van der Waals surface area contributed by atoms with E-state index in [1.165, 1.54) is 49.0 Å². The minimum Gasteiger partial charge on any atom is -0.433 e. The highest BCUT2D eigenvalue weighted by molar-refractivity contribution is 7.93. The van der Waals surface area contributed by atoms with Crippen LogP contribution in [0.5, 0.6) is 5.75 Å². The molecule has 4 rings (SSSR count). The number of ether oxygens (including phenoxy) is 1. The third-order valence-electron chi connectivity index (χ3n) is 5.22. The van der Waals surface area contributed by atoms with Gasteiger partial charge in [0.05, 0.1) is 28.3 Å². The van der Waals surface area contributed by atoms with Crippen molar-refractivity contribution in [2.75, 3.05) is 11.5 Å². The molecule has 3 aromatic rings. The summed E-state index contributed by atoms with van der Waals surface area (Å²) >= 11 is 0. The number of aliphatic hydroxyl groups is 1. The van der Waals surface area contributed by atoms with Gasteiger partial charge in [0, 0.05) is 24.6 Å². The fourth-order valence-corrected chi connectivity index (χ4v) is 5.99. The zero-order valence-corrected chi connectivity index (χ0v) is 19.8. The van der Waals surface area contributed by atoms with Crippen LogP contribution in [0.15, 0.2) is 36.5 Å². The lowest BCUT2D eigenvalue weighted by molar-refractivity contribution is -0.158. The Morgan fingerprint density at radius 3 is 2.50 bits per heavy atom. The van der Waals surface area contributed by atoms with Gasteiger partial charge in [0.1, 0.15) is 17.0 Å². The summed E-state index contributed by atoms with van der Waals surface area (Å²) in [7, 11) is -3.15. The van der Waals surface area contributed by atoms with Crippen LogP contribution >= 0.6 is 0 Å². The molecule has 0 bridgehead atoms. The maximum atomic E-state index is 13.3. The van der Waals surface area contributed by atoms with Gasteiger partial charge in [-0.15, -0.1) is 0 Å². The van der Waals surface area contributed by atoms with Crippen LogP contribution < -0.4 is 10.1 Å². The minimum atomic E-state index is -3.38. The van der Waals surface area contributed by atoms with Crippen molar-refractivity contribution in [1.82, 2.24) is 20.1 Å². The van der Waals surface area contributed by atoms with Crippen LogP contribution in [0.4, 0.5) is 8.78 Å². The second-order valence-electron chi connectivity index (χ2n) is 9.37. The van der Waals surface area contributed by atoms with Crippen LogP contribution in [0, 0.1) is 0 Å². The maximum absolute atomic E-state index is 13.3. The van der Waals surface area contributed by atoms with Gasteiger partial charge in [0.2, 0.25) is 0 Å². The van der Waals surface area contributed by atoms with Crippen LogP contribution in [0.1, 0.15) is 43.7 Å². The number of hydrogen-bond acceptors (Lipinski definition) is 7. The van der Waals surface area contributed by atoms with Gasteiger partial charge in [-0.05, 0) is 39.0 Å². The van der Waals surface area contributed by atoms with Gasteiger partial charge in [-0.1, -0.05) is 6.07 Å². The summed E-state index contributed by atoms with van der Waals surface area (Å²) in [6.45, 7) is 5.31. The molecule has 2 N–H and O–H groups in total. The van der Waals surface area contributed by atoms with Crippen LogP contribution in [0.2, 0.25) is 0 Å². The van der Waals surface area contributed by atoms with E-state index >= 15 is 0 Å². The van der Waals surface area contributed by atoms with E-state index in [2.05, 4.69) is 20.1 Å². The molecule has 12 heteroatoms. The van der Waals surface area contributed by atoms with Crippen molar-refractivity contribution in [3.63, 3.8) is 0 Å². The Labute approximate surface area is 194 Å². The number of aromatic nitrogens is 3. The van der Waals surface area contributed by atoms with Gasteiger partial charge in [-0.2, -0.15) is 13.9 Å². The van der Waals surface area contributed by atoms with E-state index in [0.717, 1.165) is 0 Å². The van der Waals surface area contributed by atoms with Gasteiger partial charge < -0.3 is 15.2 Å². The normalized spacial score (nSPS) is 17.3. The average molecular weight is 495 g/mol. The van der Waals surface area contributed by atoms with E-state index in [4.69, 9.17) is 0 Å². The first-order valence-electron chi connectivity index (χ1n) is 10.4. The van der Waals surface area contributed by atoms with Crippen molar-refractivity contribution in [3.05, 3.63) is 47.8 Å². The van der Waals surface area contributed by atoms with Crippen molar-refractivity contribution >= 4 is 26.8 Å². The molecule has 0 atom stereocenters. The molecule has 1 aromatic carbocycles. The molecule has 0 spiro atoms. The van der Waals surface area contributed by atoms with Crippen LogP contribution in [0.3, 0.4) is 0 Å². The molecule has 1 aliphatic heterocycles. The molecule has 182 valence electrons. The molecule has 1 saturated heterocycles. The molecule has 0 radical (unpaired) electrons. The topological polar surface area (TPSA) is 123 Å². The number of rotatable bonds is 6. The summed E-state index contributed by atoms with van der Waals surface area (Å²) in [5.74, 6) is -0.896. The number of fused-ring (bicyclic) bond motifs is 1. The van der Waals surface area contributed by atoms with E-state index in [0.29, 0.717) is 18.0 Å². The fraction of sp³-hybridized carbons (Fsp3) is 0.409. The lowest BCUT2D eigenvalue weighted by Crippen LogP contribution is -2.63. The number of benzene rings is 1. The number of halogens is 2. The predicted octanol–water partition coefficient (Wildman–Crippen LogP) is 2.56. The van der Waals surface area contributed by atoms with E-state index in [1.54, 1.807) is 13.0 Å². The van der Waals surface area contributed by atoms with Crippen molar-refractivity contribution in [2.45, 2.75) is 44.9 Å². The van der Waals surface area contributed by atoms with Crippen molar-refractivity contribution in [3.8, 4) is 11.4 Å². The number of alkyl halides is 2. The number of nitrogens with one attached hydrogen (secondary N) is 1. The summed E-state index contributed by atoms with van der Waals surface area (Å²) in [5.41, 5.74) is -1.26. The molecule has 3 heterocycles. The SMILES string of the molecule is CC1(NC(=O)c2cnc3c(c2)c(C(C)(C)O)nn3-c2cccc(OC(C)(F)F)c2)CS(=O)(=O)C1. The third-order valence-corrected chi connectivity index (χ3v) is 7.37. The monoisotopic (exact) mass is 494 g/mol. The minimum absolute atomic E-state index is 0.0850. The van der Waals surface area contributed by atoms with Crippen LogP contribution in [-0.4, -0.2) is 57.3 Å². The number of nitrogens with zero attached hydrogens (tertiary/aromatic N) is 3. The largest absolute Gasteiger partial charge is 0.433 e. The number of sulfone groups is 1. The molecule has 34 heavy (non-hydrogen) atoms. The first-order valence-corrected chi connectivity index (χ1v) is 12.2. The molecule has 1 aliphatic rings. The molecule has 0 unspecified atom stereocenters. The Morgan fingerprint density at radius 1 is 1.24 bits per heavy atom. The van der Waals surface area contributed by atoms with Gasteiger partial charge in [-0.3, -0.25) is 4.79 Å². The Morgan fingerprint density at radius 2 is 1.91 bits per heavy atom. The van der Waals surface area contributed by atoms with E-state index < -0.39 is 33.0 Å². The molecular weight excluding hydrogens is 470 g/mol. The number of carbonyl (C=O) groups is 1. The standard InChI is InChI=1S/C22H24F2N4O5S/c1-20(2,30)17-16-8-13(19(29)26-21(3)11-34(31,32)12-21)10-25-18(16)28(27-17)14-6-5-7-15(9-14)33-22(4,23)24/h5-10,30H,11-12H2,1-4H3,(H,26,29). The first kappa shape index (κ1) is 24.0. The Kier molecular flexibility index (Phi) is 5.44. The third kappa shape index (κ3) is 4.87. The predicted molar refractivity (Wildman–Crippen MR) is 120 cm³/mol. The second kappa shape index (κ2) is 7.70. The molecule has 0 aliphatic carbocycles. The van der Waals surface area contributed by atoms with Crippen molar-refractivity contribution < 1.29 is 31.8 Å². The van der Waals surface area contributed by atoms with E-state index in [9.17, 15) is 27.1 Å². The number of pyridine rings is 1. The number of carbonyl (C=O) groups excluding carboxylic acids is 1. The summed E-state index contributed by atoms with van der Waals surface area (Å²) in [6.07, 6.45) is -2.07. The zero-order valence-electron chi connectivity index (χ0n) is 19.0. The fourth-order valence-electron chi connectivity index (χ4n) is 3.99. The highest BCUT2D eigenvalue weighted by atomic mass is 32.2.